The van der Waals surface area contributed by atoms with Crippen LogP contribution in [0.15, 0.2) is 35.5 Å². The quantitative estimate of drug-likeness (QED) is 0.507. The Bertz CT molecular complexity index is 759. The minimum absolute atomic E-state index is 0.00794. The lowest BCUT2D eigenvalue weighted by atomic mass is 9.93. The van der Waals surface area contributed by atoms with Gasteiger partial charge in [-0.1, -0.05) is 32.4 Å². The molecule has 1 aliphatic rings. The number of benzene rings is 1. The largest absolute Gasteiger partial charge is 0.466 e. The maximum absolute atomic E-state index is 12.6. The second-order valence-corrected chi connectivity index (χ2v) is 6.99. The summed E-state index contributed by atoms with van der Waals surface area (Å²) >= 11 is 5.52. The predicted molar refractivity (Wildman–Crippen MR) is 115 cm³/mol. The molecule has 1 atom stereocenters. The third kappa shape index (κ3) is 4.90. The number of esters is 1. The minimum atomic E-state index is -0.387. The van der Waals surface area contributed by atoms with Crippen molar-refractivity contribution >= 4 is 34.9 Å². The van der Waals surface area contributed by atoms with E-state index in [-0.39, 0.29) is 17.9 Å². The summed E-state index contributed by atoms with van der Waals surface area (Å²) in [7, 11) is 1.39. The van der Waals surface area contributed by atoms with E-state index in [0.29, 0.717) is 30.1 Å². The van der Waals surface area contributed by atoms with Crippen molar-refractivity contribution in [1.29, 1.82) is 0 Å². The van der Waals surface area contributed by atoms with E-state index in [1.807, 2.05) is 43.0 Å². The summed E-state index contributed by atoms with van der Waals surface area (Å²) < 4.78 is 5.05. The van der Waals surface area contributed by atoms with Crippen LogP contribution < -0.4 is 10.6 Å². The molecule has 1 aromatic rings. The molecule has 28 heavy (non-hydrogen) atoms. The van der Waals surface area contributed by atoms with Crippen LogP contribution in [0.5, 0.6) is 0 Å². The van der Waals surface area contributed by atoms with Crippen LogP contribution in [0.3, 0.4) is 0 Å². The summed E-state index contributed by atoms with van der Waals surface area (Å²) in [6.45, 7) is 6.72. The van der Waals surface area contributed by atoms with Gasteiger partial charge in [0.2, 0.25) is 5.91 Å². The molecule has 0 fully saturated rings. The van der Waals surface area contributed by atoms with Crippen LogP contribution in [0.1, 0.15) is 58.1 Å². The van der Waals surface area contributed by atoms with Gasteiger partial charge in [-0.3, -0.25) is 4.79 Å². The zero-order valence-corrected chi connectivity index (χ0v) is 17.8. The Morgan fingerprint density at radius 2 is 1.89 bits per heavy atom. The SMILES string of the molecule is CCCCC(=O)Nc1ccc([C@H]2NC(=S)N(CC)C(CC)=C2C(=O)OC)cc1. The zero-order chi connectivity index (χ0) is 20.7. The van der Waals surface area contributed by atoms with E-state index >= 15 is 0 Å². The van der Waals surface area contributed by atoms with Gasteiger partial charge >= 0.3 is 5.97 Å². The van der Waals surface area contributed by atoms with Gasteiger partial charge < -0.3 is 20.3 Å². The average Bonchev–Trinajstić information content (AvgIpc) is 2.71. The van der Waals surface area contributed by atoms with E-state index in [4.69, 9.17) is 17.0 Å². The van der Waals surface area contributed by atoms with Crippen molar-refractivity contribution in [2.75, 3.05) is 19.0 Å². The molecular formula is C21H29N3O3S. The Labute approximate surface area is 172 Å². The van der Waals surface area contributed by atoms with Gasteiger partial charge in [0, 0.05) is 24.4 Å². The summed E-state index contributed by atoms with van der Waals surface area (Å²) in [5.74, 6) is -0.360. The number of hydrogen-bond acceptors (Lipinski definition) is 4. The molecule has 0 bridgehead atoms. The lowest BCUT2D eigenvalue weighted by Crippen LogP contribution is -2.48. The van der Waals surface area contributed by atoms with Crippen molar-refractivity contribution in [3.8, 4) is 0 Å². The third-order valence-electron chi connectivity index (χ3n) is 4.78. The van der Waals surface area contributed by atoms with Crippen LogP contribution in [-0.2, 0) is 14.3 Å². The third-order valence-corrected chi connectivity index (χ3v) is 5.12. The molecule has 0 aliphatic carbocycles. The first kappa shape index (κ1) is 21.9. The number of nitrogens with zero attached hydrogens (tertiary/aromatic N) is 1. The number of hydrogen-bond donors (Lipinski definition) is 2. The standard InChI is InChI=1S/C21H29N3O3S/c1-5-8-9-17(25)22-15-12-10-14(11-13-15)19-18(20(26)27-4)16(6-2)24(7-3)21(28)23-19/h10-13,19H,5-9H2,1-4H3,(H,22,25)(H,23,28)/t19-/m1/s1. The molecule has 2 N–H and O–H groups in total. The van der Waals surface area contributed by atoms with Gasteiger partial charge in [0.1, 0.15) is 0 Å². The Balaban J connectivity index is 2.32. The highest BCUT2D eigenvalue weighted by Crippen LogP contribution is 2.33. The summed E-state index contributed by atoms with van der Waals surface area (Å²) in [6.07, 6.45) is 3.03. The van der Waals surface area contributed by atoms with E-state index < -0.39 is 0 Å². The van der Waals surface area contributed by atoms with Gasteiger partial charge in [-0.15, -0.1) is 0 Å². The maximum atomic E-state index is 12.6. The number of methoxy groups -OCH3 is 1. The monoisotopic (exact) mass is 403 g/mol. The van der Waals surface area contributed by atoms with Gasteiger partial charge in [0.15, 0.2) is 5.11 Å². The molecule has 1 amide bonds. The molecule has 0 unspecified atom stereocenters. The number of unbranched alkanes of at least 4 members (excludes halogenated alkanes) is 1. The second-order valence-electron chi connectivity index (χ2n) is 6.61. The first-order valence-electron chi connectivity index (χ1n) is 9.75. The molecule has 0 aromatic heterocycles. The van der Waals surface area contributed by atoms with Gasteiger partial charge in [0.25, 0.3) is 0 Å². The second kappa shape index (κ2) is 10.2. The number of carbonyl (C=O) groups excluding carboxylic acids is 2. The van der Waals surface area contributed by atoms with Crippen molar-refractivity contribution in [2.45, 2.75) is 52.5 Å². The molecule has 7 heteroatoms. The normalized spacial score (nSPS) is 16.6. The number of allylic oxidation sites excluding steroid dienone is 1. The molecule has 1 aliphatic heterocycles. The number of thiocarbonyl (C=S) groups is 1. The minimum Gasteiger partial charge on any atom is -0.466 e. The van der Waals surface area contributed by atoms with E-state index in [2.05, 4.69) is 17.6 Å². The lowest BCUT2D eigenvalue weighted by molar-refractivity contribution is -0.136. The number of nitrogens with one attached hydrogen (secondary N) is 2. The number of carbonyl (C=O) groups is 2. The van der Waals surface area contributed by atoms with Gasteiger partial charge in [0.05, 0.1) is 18.7 Å². The number of anilines is 1. The number of rotatable bonds is 8. The maximum Gasteiger partial charge on any atom is 0.337 e. The molecule has 0 spiro atoms. The smallest absolute Gasteiger partial charge is 0.337 e. The van der Waals surface area contributed by atoms with Crippen LogP contribution in [0, 0.1) is 0 Å². The fourth-order valence-electron chi connectivity index (χ4n) is 3.34. The Morgan fingerprint density at radius 1 is 1.21 bits per heavy atom. The molecular weight excluding hydrogens is 374 g/mol. The molecule has 6 nitrogen and oxygen atoms in total. The van der Waals surface area contributed by atoms with Crippen LogP contribution in [0.25, 0.3) is 0 Å². The topological polar surface area (TPSA) is 70.7 Å². The summed E-state index contributed by atoms with van der Waals surface area (Å²) in [4.78, 5) is 26.4. The van der Waals surface area contributed by atoms with Crippen LogP contribution >= 0.6 is 12.2 Å². The van der Waals surface area contributed by atoms with E-state index in [9.17, 15) is 9.59 Å². The van der Waals surface area contributed by atoms with Gasteiger partial charge in [-0.05, 0) is 49.7 Å². The summed E-state index contributed by atoms with van der Waals surface area (Å²) in [5.41, 5.74) is 3.06. The van der Waals surface area contributed by atoms with Crippen LogP contribution in [0.2, 0.25) is 0 Å². The first-order valence-corrected chi connectivity index (χ1v) is 10.2. The first-order chi connectivity index (χ1) is 13.5. The van der Waals surface area contributed by atoms with Gasteiger partial charge in [-0.25, -0.2) is 4.79 Å². The van der Waals surface area contributed by atoms with E-state index in [1.54, 1.807) is 0 Å². The van der Waals surface area contributed by atoms with E-state index in [1.165, 1.54) is 7.11 Å². The summed E-state index contributed by atoms with van der Waals surface area (Å²) in [5, 5.41) is 6.75. The van der Waals surface area contributed by atoms with Crippen molar-refractivity contribution in [1.82, 2.24) is 10.2 Å². The fraction of sp³-hybridized carbons (Fsp3) is 0.476. The fourth-order valence-corrected chi connectivity index (χ4v) is 3.70. The highest BCUT2D eigenvalue weighted by Gasteiger charge is 2.34. The van der Waals surface area contributed by atoms with Crippen molar-refractivity contribution in [3.05, 3.63) is 41.1 Å². The lowest BCUT2D eigenvalue weighted by Gasteiger charge is -2.38. The zero-order valence-electron chi connectivity index (χ0n) is 17.0. The number of ether oxygens (including phenoxy) is 1. The van der Waals surface area contributed by atoms with Crippen LogP contribution in [-0.4, -0.2) is 35.5 Å². The van der Waals surface area contributed by atoms with Crippen molar-refractivity contribution in [3.63, 3.8) is 0 Å². The molecule has 1 heterocycles. The molecule has 2 rings (SSSR count). The van der Waals surface area contributed by atoms with Crippen LogP contribution in [0.4, 0.5) is 5.69 Å². The Kier molecular flexibility index (Phi) is 7.99. The Morgan fingerprint density at radius 3 is 2.43 bits per heavy atom. The molecule has 0 radical (unpaired) electrons. The highest BCUT2D eigenvalue weighted by molar-refractivity contribution is 7.80. The molecule has 152 valence electrons. The molecule has 0 saturated carbocycles. The van der Waals surface area contributed by atoms with E-state index in [0.717, 1.165) is 29.8 Å². The van der Waals surface area contributed by atoms with Crippen molar-refractivity contribution in [2.24, 2.45) is 0 Å². The van der Waals surface area contributed by atoms with Crippen molar-refractivity contribution < 1.29 is 14.3 Å². The number of amides is 1. The average molecular weight is 404 g/mol. The molecule has 1 aromatic carbocycles. The highest BCUT2D eigenvalue weighted by atomic mass is 32.1. The molecule has 0 saturated heterocycles. The Hall–Kier alpha value is -2.41. The van der Waals surface area contributed by atoms with Gasteiger partial charge in [-0.2, -0.15) is 0 Å². The predicted octanol–water partition coefficient (Wildman–Crippen LogP) is 3.90. The summed E-state index contributed by atoms with van der Waals surface area (Å²) in [6, 6.07) is 7.09.